The zero-order valence-corrected chi connectivity index (χ0v) is 18.3. The molecular formula is C22H32O7. The lowest BCUT2D eigenvalue weighted by Crippen LogP contribution is -2.61. The summed E-state index contributed by atoms with van der Waals surface area (Å²) < 4.78 is 17.0. The van der Waals surface area contributed by atoms with Crippen molar-refractivity contribution in [1.29, 1.82) is 0 Å². The van der Waals surface area contributed by atoms with E-state index in [-0.39, 0.29) is 18.3 Å². The number of Topliss-reactive ketones (excluding diaryl/α,β-unsaturated/α-hetero) is 1. The van der Waals surface area contributed by atoms with Crippen molar-refractivity contribution >= 4 is 17.7 Å². The molecule has 7 heteroatoms. The number of epoxide rings is 1. The molecule has 0 aromatic carbocycles. The van der Waals surface area contributed by atoms with Crippen molar-refractivity contribution in [1.82, 2.24) is 0 Å². The Labute approximate surface area is 171 Å². The molecule has 0 amide bonds. The number of fused-ring (bicyclic) bond motifs is 1. The van der Waals surface area contributed by atoms with E-state index in [1.165, 1.54) is 6.92 Å². The average molecular weight is 408 g/mol. The summed E-state index contributed by atoms with van der Waals surface area (Å²) in [7, 11) is 0. The number of aliphatic hydroxyl groups is 1. The molecule has 2 aliphatic carbocycles. The van der Waals surface area contributed by atoms with Crippen molar-refractivity contribution in [2.45, 2.75) is 96.7 Å². The topological polar surface area (TPSA) is 102 Å². The van der Waals surface area contributed by atoms with Gasteiger partial charge >= 0.3 is 11.9 Å². The van der Waals surface area contributed by atoms with Gasteiger partial charge in [-0.15, -0.1) is 0 Å². The molecule has 3 rings (SSSR count). The Bertz CT molecular complexity index is 779. The maximum Gasteiger partial charge on any atom is 0.341 e. The highest BCUT2D eigenvalue weighted by atomic mass is 16.7. The van der Waals surface area contributed by atoms with Crippen LogP contribution in [-0.2, 0) is 28.6 Å². The van der Waals surface area contributed by atoms with Crippen LogP contribution in [0.4, 0.5) is 0 Å². The van der Waals surface area contributed by atoms with Crippen LogP contribution >= 0.6 is 0 Å². The molecule has 162 valence electrons. The zero-order valence-electron chi connectivity index (χ0n) is 18.3. The summed E-state index contributed by atoms with van der Waals surface area (Å²) >= 11 is 0. The van der Waals surface area contributed by atoms with Crippen LogP contribution in [-0.4, -0.2) is 51.8 Å². The van der Waals surface area contributed by atoms with Gasteiger partial charge in [0.25, 0.3) is 0 Å². The molecule has 1 aliphatic heterocycles. The molecule has 0 spiro atoms. The monoisotopic (exact) mass is 408 g/mol. The van der Waals surface area contributed by atoms with Gasteiger partial charge in [-0.3, -0.25) is 9.59 Å². The lowest BCUT2D eigenvalue weighted by molar-refractivity contribution is -0.212. The van der Waals surface area contributed by atoms with Gasteiger partial charge in [0, 0.05) is 24.8 Å². The Kier molecular flexibility index (Phi) is 5.03. The van der Waals surface area contributed by atoms with Crippen LogP contribution in [0.5, 0.6) is 0 Å². The smallest absolute Gasteiger partial charge is 0.341 e. The van der Waals surface area contributed by atoms with Crippen LogP contribution in [0.1, 0.15) is 67.7 Å². The Balaban J connectivity index is 2.01. The molecule has 0 aromatic rings. The second-order valence-corrected chi connectivity index (χ2v) is 9.95. The van der Waals surface area contributed by atoms with Gasteiger partial charge in [-0.05, 0) is 52.9 Å². The maximum atomic E-state index is 12.7. The first-order valence-electron chi connectivity index (χ1n) is 10.2. The number of hydrogen-bond acceptors (Lipinski definition) is 7. The van der Waals surface area contributed by atoms with E-state index < -0.39 is 46.2 Å². The van der Waals surface area contributed by atoms with E-state index >= 15 is 0 Å². The highest BCUT2D eigenvalue weighted by molar-refractivity contribution is 5.98. The molecule has 6 atom stereocenters. The lowest BCUT2D eigenvalue weighted by atomic mass is 9.54. The predicted molar refractivity (Wildman–Crippen MR) is 104 cm³/mol. The number of carbonyl (C=O) groups is 3. The van der Waals surface area contributed by atoms with Crippen molar-refractivity contribution < 1.29 is 33.7 Å². The van der Waals surface area contributed by atoms with Crippen LogP contribution in [0.2, 0.25) is 0 Å². The van der Waals surface area contributed by atoms with Gasteiger partial charge in [0.15, 0.2) is 17.0 Å². The standard InChI is InChI=1S/C22H32O7/c1-12-21(6,28-12)18(25)27-17-8-9-20(5)11-15(24)14(19(3,4)26)10-16(20)22(17,7)29-13(2)23/h10,12,16-17,26H,8-9,11H2,1-7H3/t12-,16-,17+,20+,21+,22+/m0/s1. The molecule has 0 unspecified atom stereocenters. The van der Waals surface area contributed by atoms with Gasteiger partial charge < -0.3 is 19.3 Å². The molecule has 3 aliphatic rings. The lowest BCUT2D eigenvalue weighted by Gasteiger charge is -2.55. The van der Waals surface area contributed by atoms with E-state index in [0.29, 0.717) is 18.4 Å². The first kappa shape index (κ1) is 22.0. The minimum atomic E-state index is -1.32. The molecule has 29 heavy (non-hydrogen) atoms. The first-order chi connectivity index (χ1) is 13.1. The van der Waals surface area contributed by atoms with Gasteiger partial charge in [0.05, 0.1) is 11.7 Å². The number of esters is 2. The van der Waals surface area contributed by atoms with E-state index in [1.807, 2.05) is 6.92 Å². The average Bonchev–Trinajstić information content (AvgIpc) is 3.16. The molecule has 0 aromatic heterocycles. The van der Waals surface area contributed by atoms with Gasteiger partial charge in [-0.25, -0.2) is 4.79 Å². The Morgan fingerprint density at radius 3 is 2.34 bits per heavy atom. The highest BCUT2D eigenvalue weighted by Crippen LogP contribution is 2.55. The van der Waals surface area contributed by atoms with Crippen molar-refractivity contribution in [3.05, 3.63) is 11.6 Å². The van der Waals surface area contributed by atoms with Crippen molar-refractivity contribution in [2.24, 2.45) is 11.3 Å². The molecule has 1 saturated carbocycles. The molecule has 0 bridgehead atoms. The minimum absolute atomic E-state index is 0.107. The number of carbonyl (C=O) groups excluding carboxylic acids is 3. The van der Waals surface area contributed by atoms with Crippen LogP contribution < -0.4 is 0 Å². The summed E-state index contributed by atoms with van der Waals surface area (Å²) in [6.45, 7) is 11.7. The summed E-state index contributed by atoms with van der Waals surface area (Å²) in [5.41, 5.74) is -3.62. The number of hydrogen-bond donors (Lipinski definition) is 1. The third-order valence-electron chi connectivity index (χ3n) is 7.00. The van der Waals surface area contributed by atoms with Crippen LogP contribution in [0, 0.1) is 11.3 Å². The van der Waals surface area contributed by atoms with Crippen molar-refractivity contribution in [3.8, 4) is 0 Å². The van der Waals surface area contributed by atoms with Gasteiger partial charge in [-0.1, -0.05) is 13.0 Å². The van der Waals surface area contributed by atoms with E-state index in [9.17, 15) is 19.5 Å². The van der Waals surface area contributed by atoms with Gasteiger partial charge in [0.1, 0.15) is 6.10 Å². The fraction of sp³-hybridized carbons (Fsp3) is 0.773. The summed E-state index contributed by atoms with van der Waals surface area (Å²) in [5.74, 6) is -1.47. The molecule has 1 N–H and O–H groups in total. The number of ether oxygens (including phenoxy) is 3. The second kappa shape index (κ2) is 6.64. The van der Waals surface area contributed by atoms with Crippen LogP contribution in [0.3, 0.4) is 0 Å². The van der Waals surface area contributed by atoms with Crippen molar-refractivity contribution in [2.75, 3.05) is 0 Å². The van der Waals surface area contributed by atoms with Crippen LogP contribution in [0.15, 0.2) is 11.6 Å². The second-order valence-electron chi connectivity index (χ2n) is 9.95. The largest absolute Gasteiger partial charge is 0.456 e. The van der Waals surface area contributed by atoms with E-state index in [2.05, 4.69) is 0 Å². The SMILES string of the molecule is CC(=O)O[C@@]1(C)[C@H](OC(=O)[C@]2(C)O[C@H]2C)CC[C@]2(C)CC(=O)C(C(C)(C)O)=C[C@@H]21. The van der Waals surface area contributed by atoms with Crippen molar-refractivity contribution in [3.63, 3.8) is 0 Å². The Morgan fingerprint density at radius 2 is 1.86 bits per heavy atom. The quantitative estimate of drug-likeness (QED) is 0.563. The predicted octanol–water partition coefficient (Wildman–Crippen LogP) is 2.48. The van der Waals surface area contributed by atoms with Gasteiger partial charge in [-0.2, -0.15) is 0 Å². The minimum Gasteiger partial charge on any atom is -0.456 e. The fourth-order valence-corrected chi connectivity index (χ4v) is 5.04. The van der Waals surface area contributed by atoms with Gasteiger partial charge in [0.2, 0.25) is 0 Å². The third-order valence-corrected chi connectivity index (χ3v) is 7.00. The Morgan fingerprint density at radius 1 is 1.28 bits per heavy atom. The third kappa shape index (κ3) is 3.63. The maximum absolute atomic E-state index is 12.7. The molecule has 7 nitrogen and oxygen atoms in total. The van der Waals surface area contributed by atoms with Crippen LogP contribution in [0.25, 0.3) is 0 Å². The Hall–Kier alpha value is -1.73. The first-order valence-corrected chi connectivity index (χ1v) is 10.2. The summed E-state index contributed by atoms with van der Waals surface area (Å²) in [4.78, 5) is 37.4. The summed E-state index contributed by atoms with van der Waals surface area (Å²) in [6.07, 6.45) is 2.15. The number of ketones is 1. The molecule has 1 heterocycles. The zero-order chi connectivity index (χ0) is 22.0. The van der Waals surface area contributed by atoms with E-state index in [4.69, 9.17) is 14.2 Å². The molecule has 2 fully saturated rings. The summed E-state index contributed by atoms with van der Waals surface area (Å²) in [5, 5.41) is 10.5. The number of rotatable bonds is 4. The van der Waals surface area contributed by atoms with E-state index in [1.54, 1.807) is 40.7 Å². The summed E-state index contributed by atoms with van der Waals surface area (Å²) in [6, 6.07) is 0. The van der Waals surface area contributed by atoms with E-state index in [0.717, 1.165) is 0 Å². The molecule has 1 saturated heterocycles. The normalized spacial score (nSPS) is 41.9. The highest BCUT2D eigenvalue weighted by Gasteiger charge is 2.62. The fourth-order valence-electron chi connectivity index (χ4n) is 5.04. The molecule has 0 radical (unpaired) electrons. The molecular weight excluding hydrogens is 376 g/mol.